The van der Waals surface area contributed by atoms with E-state index in [0.717, 1.165) is 5.56 Å². The van der Waals surface area contributed by atoms with E-state index in [1.165, 1.54) is 31.6 Å². The number of nitrogens with zero attached hydrogens (tertiary/aromatic N) is 4. The van der Waals surface area contributed by atoms with E-state index in [-0.39, 0.29) is 4.90 Å². The Morgan fingerprint density at radius 2 is 1.82 bits per heavy atom. The van der Waals surface area contributed by atoms with Crippen LogP contribution in [0.25, 0.3) is 27.7 Å². The average Bonchev–Trinajstić information content (AvgIpc) is 2.86. The Bertz CT molecular complexity index is 1500. The number of anilines is 1. The highest BCUT2D eigenvalue weighted by atomic mass is 32.2. The van der Waals surface area contributed by atoms with Crippen LogP contribution < -0.4 is 15.2 Å². The van der Waals surface area contributed by atoms with Gasteiger partial charge in [-0.15, -0.1) is 0 Å². The molecular weight excluding hydrogens is 452 g/mol. The van der Waals surface area contributed by atoms with Crippen molar-refractivity contribution in [1.82, 2.24) is 15.0 Å². The molecule has 34 heavy (non-hydrogen) atoms. The molecule has 0 aliphatic rings. The SMILES string of the molecule is CN=C/C(=C\N)c1cnc2ccc(-c3cncc(NS(=O)(=O)c4ccc(OC)cc4)c3)cc2n1. The summed E-state index contributed by atoms with van der Waals surface area (Å²) in [6.07, 6.45) is 7.78. The number of benzene rings is 2. The van der Waals surface area contributed by atoms with E-state index >= 15 is 0 Å². The fourth-order valence-electron chi connectivity index (χ4n) is 3.29. The topological polar surface area (TPSA) is 132 Å². The number of aromatic nitrogens is 3. The van der Waals surface area contributed by atoms with Crippen LogP contribution in [-0.2, 0) is 10.0 Å². The Labute approximate surface area is 197 Å². The van der Waals surface area contributed by atoms with Crippen LogP contribution in [0.1, 0.15) is 5.69 Å². The quantitative estimate of drug-likeness (QED) is 0.392. The molecule has 2 heterocycles. The standard InChI is InChI=1S/C24H22N6O3S/c1-26-12-18(11-25)24-15-28-22-8-3-16(10-23(22)29-24)17-9-19(14-27-13-17)30-34(31,32)21-6-4-20(33-2)5-7-21/h3-15,30H,25H2,1-2H3/b18-11+,26-12?. The zero-order valence-corrected chi connectivity index (χ0v) is 19.3. The van der Waals surface area contributed by atoms with Crippen LogP contribution >= 0.6 is 0 Å². The smallest absolute Gasteiger partial charge is 0.261 e. The van der Waals surface area contributed by atoms with Gasteiger partial charge in [0.15, 0.2) is 0 Å². The van der Waals surface area contributed by atoms with Crippen molar-refractivity contribution in [3.05, 3.63) is 79.0 Å². The lowest BCUT2D eigenvalue weighted by Crippen LogP contribution is -2.13. The van der Waals surface area contributed by atoms with Gasteiger partial charge in [0.1, 0.15) is 5.75 Å². The van der Waals surface area contributed by atoms with Crippen LogP contribution in [0.2, 0.25) is 0 Å². The summed E-state index contributed by atoms with van der Waals surface area (Å²) in [6.45, 7) is 0. The lowest BCUT2D eigenvalue weighted by atomic mass is 10.1. The van der Waals surface area contributed by atoms with E-state index in [0.29, 0.717) is 39.3 Å². The van der Waals surface area contributed by atoms with Crippen molar-refractivity contribution < 1.29 is 13.2 Å². The minimum atomic E-state index is -3.79. The molecule has 0 atom stereocenters. The Balaban J connectivity index is 1.65. The van der Waals surface area contributed by atoms with E-state index in [1.807, 2.05) is 18.2 Å². The van der Waals surface area contributed by atoms with Crippen molar-refractivity contribution in [2.45, 2.75) is 4.90 Å². The third-order valence-corrected chi connectivity index (χ3v) is 6.38. The molecule has 10 heteroatoms. The highest BCUT2D eigenvalue weighted by Gasteiger charge is 2.15. The van der Waals surface area contributed by atoms with E-state index in [4.69, 9.17) is 10.5 Å². The second kappa shape index (κ2) is 9.67. The first-order valence-corrected chi connectivity index (χ1v) is 11.7. The molecule has 0 aliphatic heterocycles. The number of nitrogens with one attached hydrogen (secondary N) is 1. The molecule has 0 saturated carbocycles. The molecule has 0 bridgehead atoms. The fourth-order valence-corrected chi connectivity index (χ4v) is 4.32. The molecule has 2 aromatic heterocycles. The number of sulfonamides is 1. The molecule has 0 aliphatic carbocycles. The average molecular weight is 475 g/mol. The number of nitrogens with two attached hydrogens (primary N) is 1. The van der Waals surface area contributed by atoms with Crippen molar-refractivity contribution >= 4 is 38.5 Å². The van der Waals surface area contributed by atoms with Gasteiger partial charge in [-0.3, -0.25) is 19.7 Å². The maximum Gasteiger partial charge on any atom is 0.261 e. The third kappa shape index (κ3) is 4.86. The van der Waals surface area contributed by atoms with Crippen molar-refractivity contribution in [1.29, 1.82) is 0 Å². The molecule has 3 N–H and O–H groups in total. The lowest BCUT2D eigenvalue weighted by Gasteiger charge is -2.10. The number of hydrogen-bond donors (Lipinski definition) is 2. The summed E-state index contributed by atoms with van der Waals surface area (Å²) in [7, 11) is -0.623. The molecular formula is C24H22N6O3S. The zero-order valence-electron chi connectivity index (χ0n) is 18.5. The van der Waals surface area contributed by atoms with Crippen LogP contribution in [0.3, 0.4) is 0 Å². The van der Waals surface area contributed by atoms with Gasteiger partial charge in [-0.25, -0.2) is 13.4 Å². The van der Waals surface area contributed by atoms with Gasteiger partial charge < -0.3 is 10.5 Å². The number of pyridine rings is 1. The molecule has 0 saturated heterocycles. The Morgan fingerprint density at radius 1 is 1.03 bits per heavy atom. The molecule has 172 valence electrons. The minimum absolute atomic E-state index is 0.117. The van der Waals surface area contributed by atoms with E-state index < -0.39 is 10.0 Å². The van der Waals surface area contributed by atoms with Crippen LogP contribution in [-0.4, -0.2) is 43.7 Å². The lowest BCUT2D eigenvalue weighted by molar-refractivity contribution is 0.414. The maximum atomic E-state index is 12.8. The van der Waals surface area contributed by atoms with E-state index in [9.17, 15) is 8.42 Å². The van der Waals surface area contributed by atoms with Crippen LogP contribution in [0, 0.1) is 0 Å². The molecule has 0 fully saturated rings. The molecule has 0 unspecified atom stereocenters. The second-order valence-corrected chi connectivity index (χ2v) is 8.89. The molecule has 0 radical (unpaired) electrons. The van der Waals surface area contributed by atoms with Crippen molar-refractivity contribution in [2.75, 3.05) is 18.9 Å². The summed E-state index contributed by atoms with van der Waals surface area (Å²) in [6, 6.07) is 13.4. The monoisotopic (exact) mass is 474 g/mol. The van der Waals surface area contributed by atoms with Gasteiger partial charge >= 0.3 is 0 Å². The second-order valence-electron chi connectivity index (χ2n) is 7.21. The molecule has 9 nitrogen and oxygen atoms in total. The van der Waals surface area contributed by atoms with Crippen LogP contribution in [0.5, 0.6) is 5.75 Å². The molecule has 0 amide bonds. The number of hydrogen-bond acceptors (Lipinski definition) is 8. The van der Waals surface area contributed by atoms with E-state index in [2.05, 4.69) is 24.7 Å². The Hall–Kier alpha value is -4.31. The summed E-state index contributed by atoms with van der Waals surface area (Å²) < 4.78 is 33.2. The van der Waals surface area contributed by atoms with Gasteiger partial charge in [0, 0.05) is 36.8 Å². The van der Waals surface area contributed by atoms with Crippen molar-refractivity contribution in [3.8, 4) is 16.9 Å². The van der Waals surface area contributed by atoms with Gasteiger partial charge in [-0.05, 0) is 48.0 Å². The maximum absolute atomic E-state index is 12.8. The van der Waals surface area contributed by atoms with Crippen LogP contribution in [0.15, 0.2) is 83.2 Å². The highest BCUT2D eigenvalue weighted by Crippen LogP contribution is 2.26. The molecule has 0 spiro atoms. The van der Waals surface area contributed by atoms with Crippen molar-refractivity contribution in [3.63, 3.8) is 0 Å². The van der Waals surface area contributed by atoms with Gasteiger partial charge in [0.2, 0.25) is 0 Å². The summed E-state index contributed by atoms with van der Waals surface area (Å²) in [4.78, 5) is 17.4. The summed E-state index contributed by atoms with van der Waals surface area (Å²) >= 11 is 0. The predicted octanol–water partition coefficient (Wildman–Crippen LogP) is 3.50. The number of aliphatic imine (C=N–C) groups is 1. The number of methoxy groups -OCH3 is 1. The van der Waals surface area contributed by atoms with Crippen molar-refractivity contribution in [2.24, 2.45) is 10.7 Å². The molecule has 4 aromatic rings. The predicted molar refractivity (Wildman–Crippen MR) is 133 cm³/mol. The number of allylic oxidation sites excluding steroid dienone is 1. The van der Waals surface area contributed by atoms with Gasteiger partial charge in [0.25, 0.3) is 10.0 Å². The van der Waals surface area contributed by atoms with Gasteiger partial charge in [0.05, 0.1) is 46.8 Å². The third-order valence-electron chi connectivity index (χ3n) is 4.98. The van der Waals surface area contributed by atoms with Gasteiger partial charge in [-0.2, -0.15) is 0 Å². The number of fused-ring (bicyclic) bond motifs is 1. The minimum Gasteiger partial charge on any atom is -0.497 e. The Morgan fingerprint density at radius 3 is 2.53 bits per heavy atom. The first-order valence-electron chi connectivity index (χ1n) is 10.2. The first kappa shape index (κ1) is 22.9. The Kier molecular flexibility index (Phi) is 6.51. The highest BCUT2D eigenvalue weighted by molar-refractivity contribution is 7.92. The molecule has 4 rings (SSSR count). The zero-order chi connectivity index (χ0) is 24.1. The summed E-state index contributed by atoms with van der Waals surface area (Å²) in [5.74, 6) is 0.571. The van der Waals surface area contributed by atoms with Crippen LogP contribution in [0.4, 0.5) is 5.69 Å². The molecule has 2 aromatic carbocycles. The fraction of sp³-hybridized carbons (Fsp3) is 0.0833. The number of rotatable bonds is 7. The number of ether oxygens (including phenoxy) is 1. The summed E-state index contributed by atoms with van der Waals surface area (Å²) in [5, 5.41) is 0. The van der Waals surface area contributed by atoms with E-state index in [1.54, 1.807) is 43.9 Å². The van der Waals surface area contributed by atoms with Gasteiger partial charge in [-0.1, -0.05) is 6.07 Å². The largest absolute Gasteiger partial charge is 0.497 e. The normalized spacial score (nSPS) is 12.2. The first-order chi connectivity index (χ1) is 16.4. The summed E-state index contributed by atoms with van der Waals surface area (Å²) in [5.41, 5.74) is 10.2.